The van der Waals surface area contributed by atoms with E-state index in [9.17, 15) is 27.6 Å². The van der Waals surface area contributed by atoms with E-state index < -0.39 is 22.0 Å². The van der Waals surface area contributed by atoms with Gasteiger partial charge in [-0.15, -0.1) is 0 Å². The van der Waals surface area contributed by atoms with Crippen LogP contribution < -0.4 is 31.5 Å². The van der Waals surface area contributed by atoms with Gasteiger partial charge in [0, 0.05) is 100 Å². The third-order valence-electron chi connectivity index (χ3n) is 13.4. The van der Waals surface area contributed by atoms with Crippen molar-refractivity contribution in [2.45, 2.75) is 88.4 Å². The molecule has 334 valence electrons. The van der Waals surface area contributed by atoms with Crippen LogP contribution in [0, 0.1) is 12.8 Å². The molecule has 9 rings (SSSR count). The Morgan fingerprint density at radius 2 is 1.67 bits per heavy atom. The van der Waals surface area contributed by atoms with Gasteiger partial charge in [0.1, 0.15) is 16.7 Å². The Kier molecular flexibility index (Phi) is 11.7. The third-order valence-corrected chi connectivity index (χ3v) is 15.2. The molecule has 4 fully saturated rings. The van der Waals surface area contributed by atoms with Crippen LogP contribution in [0.25, 0.3) is 22.1 Å². The number of nitrogens with one attached hydrogen (secondary N) is 3. The van der Waals surface area contributed by atoms with E-state index in [0.717, 1.165) is 82.7 Å². The van der Waals surface area contributed by atoms with Gasteiger partial charge in [-0.3, -0.25) is 38.3 Å². The topological polar surface area (TPSA) is 189 Å². The normalized spacial score (nSPS) is 21.9. The molecule has 0 radical (unpaired) electrons. The minimum absolute atomic E-state index is 0.104. The highest BCUT2D eigenvalue weighted by molar-refractivity contribution is 7.89. The smallest absolute Gasteiger partial charge is 0.329 e. The molecular weight excluding hydrogens is 846 g/mol. The number of carbonyl (C=O) groups is 2. The van der Waals surface area contributed by atoms with Crippen LogP contribution in [0.3, 0.4) is 0 Å². The van der Waals surface area contributed by atoms with Crippen LogP contribution in [0.2, 0.25) is 5.02 Å². The van der Waals surface area contributed by atoms with E-state index in [1.54, 1.807) is 42.1 Å². The molecule has 17 nitrogen and oxygen atoms in total. The van der Waals surface area contributed by atoms with Gasteiger partial charge in [0.15, 0.2) is 0 Å². The first kappa shape index (κ1) is 43.1. The summed E-state index contributed by atoms with van der Waals surface area (Å²) in [6.45, 7) is 12.5. The summed E-state index contributed by atoms with van der Waals surface area (Å²) < 4.78 is 34.5. The molecule has 1 saturated carbocycles. The maximum atomic E-state index is 13.5. The SMILES string of the molecule is Cc1cc(S(=O)(=O)NC2CC(N3CCN(CC4CCN(c5ccc6c(c5)n(C)c(=O)n6C5CCC(=O)NC5=O)CC4)CC3)C2)ccc1Nc1ncc2cc(Cl)c(=O)n(C(C)C)c2n1. The molecule has 1 atom stereocenters. The van der Waals surface area contributed by atoms with Gasteiger partial charge >= 0.3 is 5.69 Å². The molecule has 3 N–H and O–H groups in total. The Morgan fingerprint density at radius 3 is 2.37 bits per heavy atom. The fourth-order valence-corrected chi connectivity index (χ4v) is 11.3. The zero-order valence-electron chi connectivity index (χ0n) is 36.0. The number of aryl methyl sites for hydroxylation is 2. The molecule has 4 aliphatic rings. The molecule has 3 saturated heterocycles. The lowest BCUT2D eigenvalue weighted by Gasteiger charge is -2.47. The summed E-state index contributed by atoms with van der Waals surface area (Å²) in [5.41, 5.74) is 3.77. The Morgan fingerprint density at radius 1 is 0.921 bits per heavy atom. The van der Waals surface area contributed by atoms with Crippen molar-refractivity contribution in [3.8, 4) is 0 Å². The van der Waals surface area contributed by atoms with Crippen molar-refractivity contribution in [1.29, 1.82) is 0 Å². The number of aromatic nitrogens is 5. The van der Waals surface area contributed by atoms with Gasteiger partial charge in [-0.2, -0.15) is 4.98 Å². The number of piperidine rings is 2. The highest BCUT2D eigenvalue weighted by atomic mass is 35.5. The summed E-state index contributed by atoms with van der Waals surface area (Å²) in [5, 5.41) is 6.30. The third kappa shape index (κ3) is 8.50. The van der Waals surface area contributed by atoms with Crippen LogP contribution in [-0.2, 0) is 26.7 Å². The van der Waals surface area contributed by atoms with Gasteiger partial charge in [-0.05, 0) is 107 Å². The van der Waals surface area contributed by atoms with E-state index in [2.05, 4.69) is 40.0 Å². The lowest BCUT2D eigenvalue weighted by molar-refractivity contribution is -0.135. The number of amides is 2. The Bertz CT molecular complexity index is 2840. The molecule has 0 spiro atoms. The first-order valence-corrected chi connectivity index (χ1v) is 23.7. The second-order valence-electron chi connectivity index (χ2n) is 17.9. The predicted molar refractivity (Wildman–Crippen MR) is 242 cm³/mol. The molecule has 3 aliphatic heterocycles. The van der Waals surface area contributed by atoms with Crippen molar-refractivity contribution < 1.29 is 18.0 Å². The highest BCUT2D eigenvalue weighted by Crippen LogP contribution is 2.32. The van der Waals surface area contributed by atoms with Crippen LogP contribution in [0.1, 0.15) is 70.0 Å². The number of imide groups is 1. The van der Waals surface area contributed by atoms with Crippen LogP contribution in [0.5, 0.6) is 0 Å². The molecule has 3 aromatic heterocycles. The molecule has 2 amide bonds. The molecular formula is C44H54ClN11O6S. The predicted octanol–water partition coefficient (Wildman–Crippen LogP) is 4.05. The van der Waals surface area contributed by atoms with E-state index in [0.29, 0.717) is 46.2 Å². The van der Waals surface area contributed by atoms with E-state index in [1.807, 2.05) is 39.0 Å². The van der Waals surface area contributed by atoms with E-state index >= 15 is 0 Å². The molecule has 6 heterocycles. The summed E-state index contributed by atoms with van der Waals surface area (Å²) in [4.78, 5) is 66.9. The summed E-state index contributed by atoms with van der Waals surface area (Å²) in [6.07, 6.45) is 5.85. The van der Waals surface area contributed by atoms with E-state index in [1.165, 1.54) is 9.13 Å². The van der Waals surface area contributed by atoms with E-state index in [-0.39, 0.29) is 51.5 Å². The number of pyridine rings is 1. The van der Waals surface area contributed by atoms with Crippen LogP contribution in [0.4, 0.5) is 17.3 Å². The molecule has 2 aromatic carbocycles. The van der Waals surface area contributed by atoms with Gasteiger partial charge in [-0.25, -0.2) is 22.9 Å². The highest BCUT2D eigenvalue weighted by Gasteiger charge is 2.38. The monoisotopic (exact) mass is 899 g/mol. The van der Waals surface area contributed by atoms with Gasteiger partial charge in [-0.1, -0.05) is 11.6 Å². The van der Waals surface area contributed by atoms with E-state index in [4.69, 9.17) is 11.6 Å². The minimum Gasteiger partial charge on any atom is -0.371 e. The minimum atomic E-state index is -3.73. The summed E-state index contributed by atoms with van der Waals surface area (Å²) >= 11 is 6.17. The first-order valence-electron chi connectivity index (χ1n) is 21.9. The Balaban J connectivity index is 0.727. The number of fused-ring (bicyclic) bond motifs is 2. The summed E-state index contributed by atoms with van der Waals surface area (Å²) in [6, 6.07) is 11.9. The molecule has 19 heteroatoms. The zero-order chi connectivity index (χ0) is 44.3. The van der Waals surface area contributed by atoms with Crippen molar-refractivity contribution >= 4 is 72.8 Å². The maximum Gasteiger partial charge on any atom is 0.329 e. The average Bonchev–Trinajstić information content (AvgIpc) is 3.48. The fraction of sp³-hybridized carbons (Fsp3) is 0.500. The van der Waals surface area contributed by atoms with Crippen molar-refractivity contribution in [2.24, 2.45) is 13.0 Å². The lowest BCUT2D eigenvalue weighted by Crippen LogP contribution is -2.58. The Hall–Kier alpha value is -5.14. The summed E-state index contributed by atoms with van der Waals surface area (Å²) in [5.74, 6) is 0.146. The van der Waals surface area contributed by atoms with Gasteiger partial charge in [0.25, 0.3) is 5.56 Å². The maximum absolute atomic E-state index is 13.5. The molecule has 0 bridgehead atoms. The zero-order valence-corrected chi connectivity index (χ0v) is 37.6. The van der Waals surface area contributed by atoms with Crippen LogP contribution >= 0.6 is 11.6 Å². The van der Waals surface area contributed by atoms with Crippen molar-refractivity contribution in [2.75, 3.05) is 56.0 Å². The second-order valence-corrected chi connectivity index (χ2v) is 20.0. The van der Waals surface area contributed by atoms with Crippen molar-refractivity contribution in [1.82, 2.24) is 43.5 Å². The molecule has 1 aliphatic carbocycles. The quantitative estimate of drug-likeness (QED) is 0.162. The number of nitrogens with zero attached hydrogens (tertiary/aromatic N) is 8. The number of anilines is 3. The van der Waals surface area contributed by atoms with Crippen LogP contribution in [0.15, 0.2) is 63.1 Å². The number of imidazole rings is 1. The second kappa shape index (κ2) is 17.1. The van der Waals surface area contributed by atoms with Crippen LogP contribution in [-0.4, -0.2) is 112 Å². The molecule has 5 aromatic rings. The number of hydrogen-bond acceptors (Lipinski definition) is 12. The number of benzene rings is 2. The standard InChI is InChI=1S/C44H54ClN11O6S/c1-26(2)55-40-29(20-34(45)42(55)59)24-46-43(49-40)47-35-7-6-33(19-27(35)3)63(61,62)50-30-21-32(22-30)54-17-15-52(16-18-54)25-28-11-13-53(14-12-28)31-5-8-36-38(23-31)51(4)44(60)56(36)37-9-10-39(57)48-41(37)58/h5-8,19-20,23-24,26,28,30,32,37,50H,9-18,21-22,25H2,1-4H3,(H,46,47,49)(H,48,57,58). The number of hydrogen-bond donors (Lipinski definition) is 3. The largest absolute Gasteiger partial charge is 0.371 e. The molecule has 1 unspecified atom stereocenters. The van der Waals surface area contributed by atoms with Crippen molar-refractivity contribution in [3.05, 3.63) is 80.1 Å². The fourth-order valence-electron chi connectivity index (χ4n) is 9.79. The number of halogens is 1. The first-order chi connectivity index (χ1) is 30.1. The number of sulfonamides is 1. The Labute approximate surface area is 370 Å². The average molecular weight is 901 g/mol. The number of carbonyl (C=O) groups excluding carboxylic acids is 2. The number of piperazine rings is 1. The van der Waals surface area contributed by atoms with Gasteiger partial charge in [0.2, 0.25) is 27.8 Å². The molecule has 63 heavy (non-hydrogen) atoms. The van der Waals surface area contributed by atoms with Crippen molar-refractivity contribution in [3.63, 3.8) is 0 Å². The lowest BCUT2D eigenvalue weighted by atomic mass is 9.86. The summed E-state index contributed by atoms with van der Waals surface area (Å²) in [7, 11) is -2.01. The number of rotatable bonds is 11. The van der Waals surface area contributed by atoms with Gasteiger partial charge in [0.05, 0.1) is 15.9 Å². The van der Waals surface area contributed by atoms with Gasteiger partial charge < -0.3 is 15.1 Å².